The second-order valence-electron chi connectivity index (χ2n) is 4.54. The molecule has 0 saturated heterocycles. The van der Waals surface area contributed by atoms with E-state index in [-0.39, 0.29) is 18.7 Å². The molecule has 2 nitrogen and oxygen atoms in total. The van der Waals surface area contributed by atoms with E-state index in [9.17, 15) is 4.79 Å². The van der Waals surface area contributed by atoms with E-state index < -0.39 is 0 Å². The molecule has 0 N–H and O–H groups in total. The molecule has 86 valence electrons. The zero-order chi connectivity index (χ0) is 10.5. The Kier molecular flexibility index (Phi) is 7.80. The lowest BCUT2D eigenvalue weighted by atomic mass is 9.94. The molecule has 0 aromatic carbocycles. The van der Waals surface area contributed by atoms with Crippen LogP contribution in [0.3, 0.4) is 0 Å². The van der Waals surface area contributed by atoms with Crippen molar-refractivity contribution in [1.82, 2.24) is 4.90 Å². The van der Waals surface area contributed by atoms with Crippen LogP contribution in [0.15, 0.2) is 0 Å². The molecule has 0 radical (unpaired) electrons. The van der Waals surface area contributed by atoms with E-state index in [1.165, 1.54) is 0 Å². The SMILES string of the molecule is C.CCCN(CCC)C(=O)C(C)(C)C. The summed E-state index contributed by atoms with van der Waals surface area (Å²) >= 11 is 0. The number of carbonyl (C=O) groups excluding carboxylic acids is 1. The Hall–Kier alpha value is -0.530. The van der Waals surface area contributed by atoms with Crippen molar-refractivity contribution in [2.24, 2.45) is 5.41 Å². The maximum absolute atomic E-state index is 11.9. The Labute approximate surface area is 89.7 Å². The van der Waals surface area contributed by atoms with Gasteiger partial charge in [-0.05, 0) is 12.8 Å². The van der Waals surface area contributed by atoms with Crippen LogP contribution in [0.25, 0.3) is 0 Å². The Balaban J connectivity index is 0. The van der Waals surface area contributed by atoms with Gasteiger partial charge in [0.1, 0.15) is 0 Å². The third kappa shape index (κ3) is 5.25. The number of nitrogens with zero attached hydrogens (tertiary/aromatic N) is 1. The summed E-state index contributed by atoms with van der Waals surface area (Å²) in [5.41, 5.74) is -0.232. The highest BCUT2D eigenvalue weighted by Crippen LogP contribution is 2.17. The molecule has 0 aliphatic carbocycles. The summed E-state index contributed by atoms with van der Waals surface area (Å²) in [4.78, 5) is 13.8. The fourth-order valence-electron chi connectivity index (χ4n) is 1.33. The smallest absolute Gasteiger partial charge is 0.227 e. The largest absolute Gasteiger partial charge is 0.342 e. The molecule has 0 spiro atoms. The lowest BCUT2D eigenvalue weighted by Crippen LogP contribution is -2.40. The second-order valence-corrected chi connectivity index (χ2v) is 4.54. The zero-order valence-corrected chi connectivity index (χ0v) is 9.68. The highest BCUT2D eigenvalue weighted by molar-refractivity contribution is 5.81. The molecule has 0 saturated carbocycles. The Bertz CT molecular complexity index is 152. The highest BCUT2D eigenvalue weighted by Gasteiger charge is 2.25. The molecule has 1 amide bonds. The molecule has 0 atom stereocenters. The quantitative estimate of drug-likeness (QED) is 0.683. The maximum atomic E-state index is 11.9. The van der Waals surface area contributed by atoms with Crippen LogP contribution in [0.4, 0.5) is 0 Å². The van der Waals surface area contributed by atoms with E-state index in [1.807, 2.05) is 25.7 Å². The first-order valence-corrected chi connectivity index (χ1v) is 5.22. The summed E-state index contributed by atoms with van der Waals surface area (Å²) < 4.78 is 0. The summed E-state index contributed by atoms with van der Waals surface area (Å²) in [6.07, 6.45) is 2.09. The fraction of sp³-hybridized carbons (Fsp3) is 0.917. The molecule has 0 fully saturated rings. The van der Waals surface area contributed by atoms with Gasteiger partial charge in [0.15, 0.2) is 0 Å². The van der Waals surface area contributed by atoms with E-state index >= 15 is 0 Å². The molecule has 0 heterocycles. The van der Waals surface area contributed by atoms with Crippen LogP contribution in [0.2, 0.25) is 0 Å². The van der Waals surface area contributed by atoms with Crippen LogP contribution in [0.5, 0.6) is 0 Å². The van der Waals surface area contributed by atoms with Crippen molar-refractivity contribution in [3.8, 4) is 0 Å². The molecule has 0 aromatic rings. The molecule has 0 aromatic heterocycles. The average molecular weight is 201 g/mol. The van der Waals surface area contributed by atoms with Gasteiger partial charge in [0.25, 0.3) is 0 Å². The normalized spacial score (nSPS) is 10.6. The molecule has 2 heteroatoms. The summed E-state index contributed by atoms with van der Waals surface area (Å²) in [6, 6.07) is 0. The van der Waals surface area contributed by atoms with E-state index in [4.69, 9.17) is 0 Å². The van der Waals surface area contributed by atoms with Crippen molar-refractivity contribution >= 4 is 5.91 Å². The van der Waals surface area contributed by atoms with Gasteiger partial charge in [-0.1, -0.05) is 42.0 Å². The predicted octanol–water partition coefficient (Wildman–Crippen LogP) is 3.32. The second kappa shape index (κ2) is 6.86. The van der Waals surface area contributed by atoms with Crippen molar-refractivity contribution in [2.75, 3.05) is 13.1 Å². The minimum atomic E-state index is -0.232. The fourth-order valence-corrected chi connectivity index (χ4v) is 1.33. The van der Waals surface area contributed by atoms with E-state index in [1.54, 1.807) is 0 Å². The Morgan fingerprint density at radius 1 is 1.07 bits per heavy atom. The molecule has 0 bridgehead atoms. The summed E-state index contributed by atoms with van der Waals surface area (Å²) in [6.45, 7) is 11.9. The van der Waals surface area contributed by atoms with Gasteiger partial charge in [-0.25, -0.2) is 0 Å². The van der Waals surface area contributed by atoms with Crippen molar-refractivity contribution < 1.29 is 4.79 Å². The monoisotopic (exact) mass is 201 g/mol. The number of amides is 1. The van der Waals surface area contributed by atoms with E-state index in [0.29, 0.717) is 0 Å². The topological polar surface area (TPSA) is 20.3 Å². The van der Waals surface area contributed by atoms with Gasteiger partial charge < -0.3 is 4.90 Å². The summed E-state index contributed by atoms with van der Waals surface area (Å²) in [5, 5.41) is 0. The standard InChI is InChI=1S/C11H23NO.CH4/c1-6-8-12(9-7-2)10(13)11(3,4)5;/h6-9H2,1-5H3;1H4. The van der Waals surface area contributed by atoms with Crippen LogP contribution in [-0.4, -0.2) is 23.9 Å². The first-order chi connectivity index (χ1) is 5.93. The van der Waals surface area contributed by atoms with Crippen LogP contribution in [0, 0.1) is 5.41 Å². The van der Waals surface area contributed by atoms with Gasteiger partial charge in [0, 0.05) is 18.5 Å². The minimum absolute atomic E-state index is 0. The number of rotatable bonds is 4. The van der Waals surface area contributed by atoms with E-state index in [0.717, 1.165) is 25.9 Å². The Morgan fingerprint density at radius 3 is 1.64 bits per heavy atom. The first-order valence-electron chi connectivity index (χ1n) is 5.22. The first kappa shape index (κ1) is 15.9. The van der Waals surface area contributed by atoms with Gasteiger partial charge in [-0.3, -0.25) is 4.79 Å². The van der Waals surface area contributed by atoms with Gasteiger partial charge in [-0.2, -0.15) is 0 Å². The summed E-state index contributed by atoms with van der Waals surface area (Å²) in [7, 11) is 0. The third-order valence-electron chi connectivity index (χ3n) is 1.92. The highest BCUT2D eigenvalue weighted by atomic mass is 16.2. The maximum Gasteiger partial charge on any atom is 0.227 e. The molecule has 0 rings (SSSR count). The van der Waals surface area contributed by atoms with Crippen molar-refractivity contribution in [3.63, 3.8) is 0 Å². The molecule has 14 heavy (non-hydrogen) atoms. The molecule has 0 aliphatic rings. The minimum Gasteiger partial charge on any atom is -0.342 e. The van der Waals surface area contributed by atoms with Crippen molar-refractivity contribution in [1.29, 1.82) is 0 Å². The van der Waals surface area contributed by atoms with Gasteiger partial charge in [0.2, 0.25) is 5.91 Å². The predicted molar refractivity (Wildman–Crippen MR) is 63.3 cm³/mol. The molecule has 0 aliphatic heterocycles. The van der Waals surface area contributed by atoms with Gasteiger partial charge in [-0.15, -0.1) is 0 Å². The van der Waals surface area contributed by atoms with Crippen LogP contribution < -0.4 is 0 Å². The molecular weight excluding hydrogens is 174 g/mol. The van der Waals surface area contributed by atoms with Crippen LogP contribution in [-0.2, 0) is 4.79 Å². The van der Waals surface area contributed by atoms with Gasteiger partial charge in [0.05, 0.1) is 0 Å². The lowest BCUT2D eigenvalue weighted by molar-refractivity contribution is -0.139. The average Bonchev–Trinajstić information content (AvgIpc) is 2.01. The van der Waals surface area contributed by atoms with Crippen LogP contribution >= 0.6 is 0 Å². The summed E-state index contributed by atoms with van der Waals surface area (Å²) in [5.74, 6) is 0.274. The number of hydrogen-bond donors (Lipinski definition) is 0. The number of hydrogen-bond acceptors (Lipinski definition) is 1. The Morgan fingerprint density at radius 2 is 1.43 bits per heavy atom. The molecular formula is C12H27NO. The van der Waals surface area contributed by atoms with Crippen molar-refractivity contribution in [2.45, 2.75) is 54.9 Å². The zero-order valence-electron chi connectivity index (χ0n) is 9.68. The lowest BCUT2D eigenvalue weighted by Gasteiger charge is -2.28. The van der Waals surface area contributed by atoms with Gasteiger partial charge >= 0.3 is 0 Å². The molecule has 0 unspecified atom stereocenters. The van der Waals surface area contributed by atoms with Crippen molar-refractivity contribution in [3.05, 3.63) is 0 Å². The third-order valence-corrected chi connectivity index (χ3v) is 1.92. The van der Waals surface area contributed by atoms with Crippen LogP contribution in [0.1, 0.15) is 54.9 Å². The number of carbonyl (C=O) groups is 1. The van der Waals surface area contributed by atoms with E-state index in [2.05, 4.69) is 13.8 Å².